The molecule has 2 aromatic rings. The number of hydrogen-bond acceptors (Lipinski definition) is 5. The summed E-state index contributed by atoms with van der Waals surface area (Å²) in [5, 5.41) is 13.2. The lowest BCUT2D eigenvalue weighted by atomic mass is 10.1. The second kappa shape index (κ2) is 8.75. The number of ether oxygens (including phenoxy) is 1. The second-order valence-electron chi connectivity index (χ2n) is 5.37. The maximum atomic E-state index is 12.1. The summed E-state index contributed by atoms with van der Waals surface area (Å²) in [6, 6.07) is 9.13. The lowest BCUT2D eigenvalue weighted by molar-refractivity contribution is -0.115. The Morgan fingerprint density at radius 3 is 2.80 bits per heavy atom. The molecule has 0 aliphatic rings. The molecule has 2 rings (SSSR count). The standard InChI is InChI=1S/C18H18ClN3O2S/c1-11-8-12(2)21-18(14(11)10-20)25-7-6-17(23)22-13-4-5-16(24-3)15(19)9-13/h4-5,8-9H,6-7H2,1-3H3,(H,22,23). The Hall–Kier alpha value is -2.23. The van der Waals surface area contributed by atoms with Crippen LogP contribution in [0.1, 0.15) is 23.2 Å². The van der Waals surface area contributed by atoms with Crippen LogP contribution in [0.3, 0.4) is 0 Å². The van der Waals surface area contributed by atoms with Gasteiger partial charge in [0.2, 0.25) is 5.91 Å². The van der Waals surface area contributed by atoms with Gasteiger partial charge < -0.3 is 10.1 Å². The average Bonchev–Trinajstić information content (AvgIpc) is 2.54. The fraction of sp³-hybridized carbons (Fsp3) is 0.278. The van der Waals surface area contributed by atoms with E-state index in [1.807, 2.05) is 19.9 Å². The third kappa shape index (κ3) is 5.12. The van der Waals surface area contributed by atoms with Crippen molar-refractivity contribution in [3.05, 3.63) is 46.1 Å². The smallest absolute Gasteiger partial charge is 0.225 e. The molecule has 1 amide bonds. The zero-order chi connectivity index (χ0) is 18.4. The first-order valence-electron chi connectivity index (χ1n) is 7.59. The molecule has 0 saturated heterocycles. The molecule has 130 valence electrons. The van der Waals surface area contributed by atoms with Gasteiger partial charge >= 0.3 is 0 Å². The van der Waals surface area contributed by atoms with Gasteiger partial charge in [-0.3, -0.25) is 4.79 Å². The number of nitrogens with one attached hydrogen (secondary N) is 1. The Bertz CT molecular complexity index is 834. The molecular weight excluding hydrogens is 358 g/mol. The number of carbonyl (C=O) groups excluding carboxylic acids is 1. The molecule has 0 unspecified atom stereocenters. The van der Waals surface area contributed by atoms with Gasteiger partial charge in [-0.15, -0.1) is 11.8 Å². The van der Waals surface area contributed by atoms with Crippen LogP contribution in [0.4, 0.5) is 5.69 Å². The van der Waals surface area contributed by atoms with E-state index in [-0.39, 0.29) is 5.91 Å². The fourth-order valence-corrected chi connectivity index (χ4v) is 3.55. The van der Waals surface area contributed by atoms with Crippen LogP contribution in [0, 0.1) is 25.2 Å². The molecule has 0 saturated carbocycles. The molecule has 7 heteroatoms. The number of hydrogen-bond donors (Lipinski definition) is 1. The summed E-state index contributed by atoms with van der Waals surface area (Å²) in [6.45, 7) is 3.77. The van der Waals surface area contributed by atoms with Crippen LogP contribution >= 0.6 is 23.4 Å². The summed E-state index contributed by atoms with van der Waals surface area (Å²) in [7, 11) is 1.53. The SMILES string of the molecule is COc1ccc(NC(=O)CCSc2nc(C)cc(C)c2C#N)cc1Cl. The Morgan fingerprint density at radius 2 is 2.16 bits per heavy atom. The number of aryl methyl sites for hydroxylation is 2. The first-order chi connectivity index (χ1) is 11.9. The predicted octanol–water partition coefficient (Wildman–Crippen LogP) is 4.35. The molecule has 0 atom stereocenters. The second-order valence-corrected chi connectivity index (χ2v) is 6.86. The molecule has 0 aliphatic heterocycles. The Morgan fingerprint density at radius 1 is 1.40 bits per heavy atom. The highest BCUT2D eigenvalue weighted by Gasteiger charge is 2.11. The third-order valence-electron chi connectivity index (χ3n) is 3.43. The van der Waals surface area contributed by atoms with Gasteiger partial charge in [-0.05, 0) is 43.7 Å². The molecule has 0 aliphatic carbocycles. The number of carbonyl (C=O) groups is 1. The zero-order valence-corrected chi connectivity index (χ0v) is 15.8. The van der Waals surface area contributed by atoms with Gasteiger partial charge in [0.1, 0.15) is 16.8 Å². The average molecular weight is 376 g/mol. The van der Waals surface area contributed by atoms with Crippen LogP contribution < -0.4 is 10.1 Å². The number of benzene rings is 1. The molecule has 0 bridgehead atoms. The van der Waals surface area contributed by atoms with Crippen molar-refractivity contribution in [2.24, 2.45) is 0 Å². The largest absolute Gasteiger partial charge is 0.495 e. The van der Waals surface area contributed by atoms with E-state index >= 15 is 0 Å². The minimum atomic E-state index is -0.128. The Balaban J connectivity index is 1.93. The number of aromatic nitrogens is 1. The molecule has 1 heterocycles. The minimum Gasteiger partial charge on any atom is -0.495 e. The van der Waals surface area contributed by atoms with Crippen molar-refractivity contribution in [1.82, 2.24) is 4.98 Å². The lowest BCUT2D eigenvalue weighted by Crippen LogP contribution is -2.12. The number of rotatable bonds is 6. The molecule has 0 fully saturated rings. The van der Waals surface area contributed by atoms with Crippen molar-refractivity contribution in [3.63, 3.8) is 0 Å². The quantitative estimate of drug-likeness (QED) is 0.759. The van der Waals surface area contributed by atoms with Crippen molar-refractivity contribution in [1.29, 1.82) is 5.26 Å². The molecule has 0 radical (unpaired) electrons. The van der Waals surface area contributed by atoms with Crippen LogP contribution in [-0.2, 0) is 4.79 Å². The minimum absolute atomic E-state index is 0.128. The number of thioether (sulfide) groups is 1. The van der Waals surface area contributed by atoms with E-state index in [1.165, 1.54) is 18.9 Å². The summed E-state index contributed by atoms with van der Waals surface area (Å²) < 4.78 is 5.08. The molecule has 1 N–H and O–H groups in total. The highest BCUT2D eigenvalue weighted by atomic mass is 35.5. The van der Waals surface area contributed by atoms with Crippen molar-refractivity contribution in [2.75, 3.05) is 18.2 Å². The van der Waals surface area contributed by atoms with Crippen LogP contribution in [0.5, 0.6) is 5.75 Å². The van der Waals surface area contributed by atoms with Crippen molar-refractivity contribution in [3.8, 4) is 11.8 Å². The van der Waals surface area contributed by atoms with Gasteiger partial charge in [0.15, 0.2) is 0 Å². The zero-order valence-electron chi connectivity index (χ0n) is 14.2. The monoisotopic (exact) mass is 375 g/mol. The van der Waals surface area contributed by atoms with Gasteiger partial charge in [-0.1, -0.05) is 11.6 Å². The van der Waals surface area contributed by atoms with E-state index in [1.54, 1.807) is 18.2 Å². The number of pyridine rings is 1. The van der Waals surface area contributed by atoms with Crippen LogP contribution in [-0.4, -0.2) is 23.8 Å². The Labute approximate surface area is 156 Å². The fourth-order valence-electron chi connectivity index (χ4n) is 2.25. The third-order valence-corrected chi connectivity index (χ3v) is 4.70. The van der Waals surface area contributed by atoms with E-state index < -0.39 is 0 Å². The predicted molar refractivity (Wildman–Crippen MR) is 100 cm³/mol. The number of methoxy groups -OCH3 is 1. The number of nitriles is 1. The van der Waals surface area contributed by atoms with Crippen molar-refractivity contribution in [2.45, 2.75) is 25.3 Å². The highest BCUT2D eigenvalue weighted by molar-refractivity contribution is 7.99. The number of amides is 1. The normalized spacial score (nSPS) is 10.2. The van der Waals surface area contributed by atoms with E-state index in [4.69, 9.17) is 16.3 Å². The van der Waals surface area contributed by atoms with E-state index in [2.05, 4.69) is 16.4 Å². The maximum absolute atomic E-state index is 12.1. The number of halogens is 1. The summed E-state index contributed by atoms with van der Waals surface area (Å²) in [6.07, 6.45) is 0.299. The van der Waals surface area contributed by atoms with Gasteiger partial charge in [0.05, 0.1) is 17.7 Å². The topological polar surface area (TPSA) is 75.0 Å². The van der Waals surface area contributed by atoms with Crippen LogP contribution in [0.15, 0.2) is 29.3 Å². The van der Waals surface area contributed by atoms with Gasteiger partial charge in [-0.2, -0.15) is 5.26 Å². The number of nitrogens with zero attached hydrogens (tertiary/aromatic N) is 2. The van der Waals surface area contributed by atoms with Gasteiger partial charge in [0, 0.05) is 23.6 Å². The molecule has 0 spiro atoms. The van der Waals surface area contributed by atoms with E-state index in [9.17, 15) is 10.1 Å². The molecule has 1 aromatic carbocycles. The van der Waals surface area contributed by atoms with Crippen LogP contribution in [0.2, 0.25) is 5.02 Å². The molecule has 25 heavy (non-hydrogen) atoms. The number of anilines is 1. The van der Waals surface area contributed by atoms with Gasteiger partial charge in [-0.25, -0.2) is 4.98 Å². The first kappa shape index (κ1) is 19.1. The molecule has 5 nitrogen and oxygen atoms in total. The lowest BCUT2D eigenvalue weighted by Gasteiger charge is -2.09. The van der Waals surface area contributed by atoms with Crippen LogP contribution in [0.25, 0.3) is 0 Å². The van der Waals surface area contributed by atoms with E-state index in [0.717, 1.165) is 11.3 Å². The van der Waals surface area contributed by atoms with E-state index in [0.29, 0.717) is 39.2 Å². The Kier molecular flexibility index (Phi) is 6.68. The summed E-state index contributed by atoms with van der Waals surface area (Å²) >= 11 is 7.45. The first-order valence-corrected chi connectivity index (χ1v) is 8.95. The summed E-state index contributed by atoms with van der Waals surface area (Å²) in [5.74, 6) is 0.956. The molecule has 1 aromatic heterocycles. The summed E-state index contributed by atoms with van der Waals surface area (Å²) in [5.41, 5.74) is 2.94. The highest BCUT2D eigenvalue weighted by Crippen LogP contribution is 2.28. The van der Waals surface area contributed by atoms with Crippen molar-refractivity contribution >= 4 is 35.0 Å². The molecular formula is C18H18ClN3O2S. The summed E-state index contributed by atoms with van der Waals surface area (Å²) in [4.78, 5) is 16.5. The maximum Gasteiger partial charge on any atom is 0.225 e. The van der Waals surface area contributed by atoms with Crippen molar-refractivity contribution < 1.29 is 9.53 Å². The van der Waals surface area contributed by atoms with Gasteiger partial charge in [0.25, 0.3) is 0 Å².